The Balaban J connectivity index is 4.20. The number of ketones is 1. The molecule has 0 fully saturated rings. The van der Waals surface area contributed by atoms with E-state index in [4.69, 9.17) is 10.3 Å². The molecule has 0 aromatic rings. The van der Waals surface area contributed by atoms with Crippen LogP contribution in [0.2, 0.25) is 0 Å². The molecule has 18 heavy (non-hydrogen) atoms. The average molecular weight is 251 g/mol. The number of carbonyl (C=O) groups excluding carboxylic acids is 2. The molecular formula is C12H17N3O3. The highest BCUT2D eigenvalue weighted by atomic mass is 16.5. The van der Waals surface area contributed by atoms with Gasteiger partial charge in [0.05, 0.1) is 0 Å². The van der Waals surface area contributed by atoms with Crippen molar-refractivity contribution in [3.8, 4) is 0 Å². The molecular weight excluding hydrogens is 234 g/mol. The van der Waals surface area contributed by atoms with Gasteiger partial charge in [-0.25, -0.2) is 4.79 Å². The van der Waals surface area contributed by atoms with Crippen LogP contribution in [0.3, 0.4) is 0 Å². The summed E-state index contributed by atoms with van der Waals surface area (Å²) in [4.78, 5) is 26.8. The van der Waals surface area contributed by atoms with E-state index < -0.39 is 17.5 Å². The van der Waals surface area contributed by atoms with E-state index in [9.17, 15) is 9.59 Å². The first-order valence-corrected chi connectivity index (χ1v) is 5.41. The second-order valence-corrected chi connectivity index (χ2v) is 3.48. The lowest BCUT2D eigenvalue weighted by atomic mass is 10.3. The van der Waals surface area contributed by atoms with Crippen LogP contribution in [0.15, 0.2) is 25.3 Å². The lowest BCUT2D eigenvalue weighted by Crippen LogP contribution is -2.31. The summed E-state index contributed by atoms with van der Waals surface area (Å²) >= 11 is 0. The molecule has 0 N–H and O–H groups in total. The van der Waals surface area contributed by atoms with Crippen LogP contribution < -0.4 is 0 Å². The van der Waals surface area contributed by atoms with Gasteiger partial charge in [0.25, 0.3) is 0 Å². The quantitative estimate of drug-likeness (QED) is 0.149. The molecule has 0 saturated carbocycles. The SMILES string of the molecule is C=CCN(CC=C)CCOC(=O)C(=[N+]=[N-])C(C)=O. The maximum absolute atomic E-state index is 11.3. The molecule has 0 amide bonds. The van der Waals surface area contributed by atoms with E-state index in [1.54, 1.807) is 12.2 Å². The van der Waals surface area contributed by atoms with Gasteiger partial charge in [-0.1, -0.05) is 12.2 Å². The largest absolute Gasteiger partial charge is 0.455 e. The topological polar surface area (TPSA) is 83.0 Å². The van der Waals surface area contributed by atoms with Gasteiger partial charge in [0, 0.05) is 26.6 Å². The van der Waals surface area contributed by atoms with Crippen molar-refractivity contribution in [1.82, 2.24) is 4.90 Å². The summed E-state index contributed by atoms with van der Waals surface area (Å²) in [5.74, 6) is -1.57. The van der Waals surface area contributed by atoms with Crippen molar-refractivity contribution in [2.75, 3.05) is 26.2 Å². The molecule has 0 rings (SSSR count). The molecule has 0 aromatic carbocycles. The number of carbonyl (C=O) groups is 2. The van der Waals surface area contributed by atoms with Gasteiger partial charge in [-0.15, -0.1) is 13.2 Å². The summed E-state index contributed by atoms with van der Waals surface area (Å²) in [6.45, 7) is 10.2. The number of nitrogens with zero attached hydrogens (tertiary/aromatic N) is 3. The van der Waals surface area contributed by atoms with Crippen molar-refractivity contribution in [1.29, 1.82) is 0 Å². The van der Waals surface area contributed by atoms with Crippen LogP contribution >= 0.6 is 0 Å². The minimum absolute atomic E-state index is 0.0901. The van der Waals surface area contributed by atoms with Crippen LogP contribution in [0.1, 0.15) is 6.92 Å². The van der Waals surface area contributed by atoms with Gasteiger partial charge in [-0.2, -0.15) is 4.79 Å². The fourth-order valence-electron chi connectivity index (χ4n) is 1.21. The Kier molecular flexibility index (Phi) is 8.01. The van der Waals surface area contributed by atoms with E-state index in [0.717, 1.165) is 6.92 Å². The lowest BCUT2D eigenvalue weighted by Gasteiger charge is -2.17. The first kappa shape index (κ1) is 16.0. The van der Waals surface area contributed by atoms with Gasteiger partial charge in [0.1, 0.15) is 6.61 Å². The van der Waals surface area contributed by atoms with E-state index in [-0.39, 0.29) is 6.61 Å². The van der Waals surface area contributed by atoms with Crippen molar-refractivity contribution < 1.29 is 19.1 Å². The minimum atomic E-state index is -0.929. The lowest BCUT2D eigenvalue weighted by molar-refractivity contribution is -0.142. The third-order valence-electron chi connectivity index (χ3n) is 2.04. The normalized spacial score (nSPS) is 9.44. The van der Waals surface area contributed by atoms with Crippen LogP contribution in [0.25, 0.3) is 5.53 Å². The molecule has 0 spiro atoms. The van der Waals surface area contributed by atoms with Crippen molar-refractivity contribution in [3.05, 3.63) is 30.8 Å². The van der Waals surface area contributed by atoms with E-state index in [1.165, 1.54) is 0 Å². The highest BCUT2D eigenvalue weighted by Crippen LogP contribution is 1.91. The zero-order valence-corrected chi connectivity index (χ0v) is 10.5. The highest BCUT2D eigenvalue weighted by molar-refractivity contribution is 6.61. The van der Waals surface area contributed by atoms with Gasteiger partial charge >= 0.3 is 11.7 Å². The fourth-order valence-corrected chi connectivity index (χ4v) is 1.21. The van der Waals surface area contributed by atoms with Crippen LogP contribution in [0, 0.1) is 0 Å². The molecule has 0 atom stereocenters. The molecule has 0 heterocycles. The number of hydrogen-bond acceptors (Lipinski definition) is 4. The molecule has 0 radical (unpaired) electrons. The Morgan fingerprint density at radius 3 is 2.28 bits per heavy atom. The van der Waals surface area contributed by atoms with Crippen molar-refractivity contribution in [2.24, 2.45) is 0 Å². The van der Waals surface area contributed by atoms with Gasteiger partial charge < -0.3 is 10.3 Å². The van der Waals surface area contributed by atoms with Crippen LogP contribution in [-0.2, 0) is 14.3 Å². The summed E-state index contributed by atoms with van der Waals surface area (Å²) in [5.41, 5.74) is 7.87. The Hall–Kier alpha value is -2.04. The summed E-state index contributed by atoms with van der Waals surface area (Å²) < 4.78 is 4.82. The molecule has 98 valence electrons. The van der Waals surface area contributed by atoms with E-state index in [0.29, 0.717) is 19.6 Å². The molecule has 0 aliphatic heterocycles. The maximum Gasteiger partial charge on any atom is 0.441 e. The van der Waals surface area contributed by atoms with Gasteiger partial charge in [0.15, 0.2) is 0 Å². The summed E-state index contributed by atoms with van der Waals surface area (Å²) in [6, 6.07) is 0. The van der Waals surface area contributed by atoms with Crippen LogP contribution in [-0.4, -0.2) is 53.4 Å². The molecule has 0 aromatic heterocycles. The Morgan fingerprint density at radius 2 is 1.89 bits per heavy atom. The average Bonchev–Trinajstić information content (AvgIpc) is 2.30. The van der Waals surface area contributed by atoms with E-state index >= 15 is 0 Å². The van der Waals surface area contributed by atoms with E-state index in [2.05, 4.69) is 17.9 Å². The summed E-state index contributed by atoms with van der Waals surface area (Å²) in [5, 5.41) is 0. The Morgan fingerprint density at radius 1 is 1.33 bits per heavy atom. The zero-order chi connectivity index (χ0) is 14.0. The Labute approximate surface area is 106 Å². The standard InChI is InChI=1S/C12H17N3O3/c1-4-6-15(7-5-2)8-9-18-12(17)11(14-13)10(3)16/h4-5H,1-2,6-9H2,3H3. The third kappa shape index (κ3) is 5.89. The zero-order valence-electron chi connectivity index (χ0n) is 10.5. The van der Waals surface area contributed by atoms with E-state index in [1.807, 2.05) is 4.90 Å². The second kappa shape index (κ2) is 9.04. The fraction of sp³-hybridized carbons (Fsp3) is 0.417. The van der Waals surface area contributed by atoms with Crippen LogP contribution in [0.4, 0.5) is 0 Å². The number of rotatable bonds is 9. The number of hydrogen-bond donors (Lipinski definition) is 0. The molecule has 0 unspecified atom stereocenters. The second-order valence-electron chi connectivity index (χ2n) is 3.48. The first-order chi connectivity index (χ1) is 8.56. The monoisotopic (exact) mass is 251 g/mol. The van der Waals surface area contributed by atoms with Crippen molar-refractivity contribution in [2.45, 2.75) is 6.92 Å². The third-order valence-corrected chi connectivity index (χ3v) is 2.04. The van der Waals surface area contributed by atoms with Crippen LogP contribution in [0.5, 0.6) is 0 Å². The molecule has 0 saturated heterocycles. The maximum atomic E-state index is 11.3. The molecule has 0 aliphatic rings. The van der Waals surface area contributed by atoms with Gasteiger partial charge in [-0.3, -0.25) is 9.69 Å². The number of esters is 1. The number of Topliss-reactive ketones (excluding diaryl/α,β-unsaturated/α-hetero) is 1. The minimum Gasteiger partial charge on any atom is -0.455 e. The van der Waals surface area contributed by atoms with Crippen molar-refractivity contribution >= 4 is 17.5 Å². The molecule has 6 heteroatoms. The summed E-state index contributed by atoms with van der Waals surface area (Å²) in [7, 11) is 0. The van der Waals surface area contributed by atoms with Gasteiger partial charge in [0.2, 0.25) is 5.78 Å². The Bertz CT molecular complexity index is 374. The number of ether oxygens (including phenoxy) is 1. The summed E-state index contributed by atoms with van der Waals surface area (Å²) in [6.07, 6.45) is 3.45. The molecule has 0 bridgehead atoms. The smallest absolute Gasteiger partial charge is 0.441 e. The predicted octanol–water partition coefficient (Wildman–Crippen LogP) is 0.463. The predicted molar refractivity (Wildman–Crippen MR) is 67.1 cm³/mol. The van der Waals surface area contributed by atoms with Crippen molar-refractivity contribution in [3.63, 3.8) is 0 Å². The highest BCUT2D eigenvalue weighted by Gasteiger charge is 2.27. The molecule has 0 aliphatic carbocycles. The first-order valence-electron chi connectivity index (χ1n) is 5.41. The van der Waals surface area contributed by atoms with Gasteiger partial charge in [-0.05, 0) is 0 Å². The molecule has 6 nitrogen and oxygen atoms in total.